The highest BCUT2D eigenvalue weighted by atomic mass is 35.5. The SMILES string of the molecule is N#CC(=CNc1ccccc1OCCn1cc(Cl)cn1)c1nn[nH]n1. The number of anilines is 1. The Kier molecular flexibility index (Phi) is 5.23. The van der Waals surface area contributed by atoms with E-state index in [1.54, 1.807) is 17.1 Å². The summed E-state index contributed by atoms with van der Waals surface area (Å²) in [7, 11) is 0. The molecule has 2 heterocycles. The lowest BCUT2D eigenvalue weighted by Gasteiger charge is -2.11. The summed E-state index contributed by atoms with van der Waals surface area (Å²) in [4.78, 5) is 0. The fourth-order valence-electron chi connectivity index (χ4n) is 1.99. The molecule has 0 aliphatic heterocycles. The monoisotopic (exact) mass is 356 g/mol. The molecule has 0 bridgehead atoms. The number of hydrogen-bond acceptors (Lipinski definition) is 7. The van der Waals surface area contributed by atoms with Gasteiger partial charge in [0.05, 0.1) is 23.5 Å². The Morgan fingerprint density at radius 2 is 2.32 bits per heavy atom. The number of tetrazole rings is 1. The lowest BCUT2D eigenvalue weighted by Crippen LogP contribution is -2.09. The van der Waals surface area contributed by atoms with Crippen LogP contribution < -0.4 is 10.1 Å². The molecule has 0 amide bonds. The molecule has 0 aliphatic rings. The van der Waals surface area contributed by atoms with Crippen LogP contribution in [-0.2, 0) is 6.54 Å². The van der Waals surface area contributed by atoms with Crippen molar-refractivity contribution >= 4 is 22.9 Å². The van der Waals surface area contributed by atoms with Crippen molar-refractivity contribution in [3.8, 4) is 11.8 Å². The van der Waals surface area contributed by atoms with Crippen molar-refractivity contribution in [3.63, 3.8) is 0 Å². The van der Waals surface area contributed by atoms with Gasteiger partial charge in [-0.3, -0.25) is 4.68 Å². The molecule has 0 saturated carbocycles. The molecule has 126 valence electrons. The minimum Gasteiger partial charge on any atom is -0.489 e. The summed E-state index contributed by atoms with van der Waals surface area (Å²) < 4.78 is 7.48. The predicted molar refractivity (Wildman–Crippen MR) is 90.6 cm³/mol. The van der Waals surface area contributed by atoms with Crippen molar-refractivity contribution in [2.45, 2.75) is 6.54 Å². The van der Waals surface area contributed by atoms with Crippen LogP contribution in [0, 0.1) is 11.3 Å². The Balaban J connectivity index is 1.65. The van der Waals surface area contributed by atoms with Gasteiger partial charge in [-0.15, -0.1) is 10.2 Å². The highest BCUT2D eigenvalue weighted by molar-refractivity contribution is 6.30. The fraction of sp³-hybridized carbons (Fsp3) is 0.133. The number of aromatic nitrogens is 6. The second-order valence-electron chi connectivity index (χ2n) is 4.82. The maximum absolute atomic E-state index is 9.18. The maximum Gasteiger partial charge on any atom is 0.216 e. The average Bonchev–Trinajstić information content (AvgIpc) is 3.29. The number of allylic oxidation sites excluding steroid dienone is 1. The molecule has 9 nitrogen and oxygen atoms in total. The normalized spacial score (nSPS) is 11.1. The molecule has 0 saturated heterocycles. The largest absolute Gasteiger partial charge is 0.489 e. The van der Waals surface area contributed by atoms with E-state index < -0.39 is 0 Å². The third-order valence-corrected chi connectivity index (χ3v) is 3.34. The first kappa shape index (κ1) is 16.5. The van der Waals surface area contributed by atoms with E-state index in [0.717, 1.165) is 0 Å². The minimum absolute atomic E-state index is 0.212. The van der Waals surface area contributed by atoms with Crippen molar-refractivity contribution in [2.75, 3.05) is 11.9 Å². The summed E-state index contributed by atoms with van der Waals surface area (Å²) in [5.74, 6) is 0.853. The van der Waals surface area contributed by atoms with Crippen LogP contribution in [0.5, 0.6) is 5.75 Å². The summed E-state index contributed by atoms with van der Waals surface area (Å²) >= 11 is 5.82. The van der Waals surface area contributed by atoms with E-state index in [-0.39, 0.29) is 11.4 Å². The zero-order chi connectivity index (χ0) is 17.5. The number of para-hydroxylation sites is 2. The summed E-state index contributed by atoms with van der Waals surface area (Å²) in [5, 5.41) is 30.2. The molecular formula is C15H13ClN8O. The summed E-state index contributed by atoms with van der Waals surface area (Å²) in [6, 6.07) is 9.39. The van der Waals surface area contributed by atoms with Crippen LogP contribution >= 0.6 is 11.6 Å². The molecule has 10 heteroatoms. The van der Waals surface area contributed by atoms with E-state index >= 15 is 0 Å². The van der Waals surface area contributed by atoms with Crippen LogP contribution in [0.3, 0.4) is 0 Å². The molecule has 0 fully saturated rings. The van der Waals surface area contributed by atoms with Crippen molar-refractivity contribution in [2.24, 2.45) is 0 Å². The molecule has 3 aromatic rings. The second kappa shape index (κ2) is 7.94. The standard InChI is InChI=1S/C15H13ClN8O/c16-12-9-19-24(10-12)5-6-25-14-4-2-1-3-13(14)18-8-11(7-17)15-20-22-23-21-15/h1-4,8-10,18H,5-6H2,(H,20,21,22,23). The van der Waals surface area contributed by atoms with Gasteiger partial charge in [0, 0.05) is 12.4 Å². The molecular weight excluding hydrogens is 344 g/mol. The number of halogens is 1. The van der Waals surface area contributed by atoms with E-state index in [1.807, 2.05) is 30.3 Å². The fourth-order valence-corrected chi connectivity index (χ4v) is 2.15. The first-order valence-corrected chi connectivity index (χ1v) is 7.64. The topological polar surface area (TPSA) is 117 Å². The zero-order valence-electron chi connectivity index (χ0n) is 12.9. The van der Waals surface area contributed by atoms with Gasteiger partial charge in [-0.25, -0.2) is 0 Å². The molecule has 0 atom stereocenters. The lowest BCUT2D eigenvalue weighted by molar-refractivity contribution is 0.292. The van der Waals surface area contributed by atoms with Gasteiger partial charge in [0.25, 0.3) is 0 Å². The van der Waals surface area contributed by atoms with Crippen LogP contribution in [0.1, 0.15) is 5.82 Å². The van der Waals surface area contributed by atoms with Crippen LogP contribution in [-0.4, -0.2) is 37.0 Å². The van der Waals surface area contributed by atoms with Gasteiger partial charge in [0.2, 0.25) is 5.82 Å². The summed E-state index contributed by atoms with van der Waals surface area (Å²) in [5.41, 5.74) is 0.951. The minimum atomic E-state index is 0.212. The molecule has 0 aliphatic carbocycles. The Hall–Kier alpha value is -3.38. The molecule has 3 rings (SSSR count). The van der Waals surface area contributed by atoms with Crippen LogP contribution in [0.4, 0.5) is 5.69 Å². The van der Waals surface area contributed by atoms with Crippen molar-refractivity contribution in [1.29, 1.82) is 5.26 Å². The number of hydrogen-bond donors (Lipinski definition) is 2. The van der Waals surface area contributed by atoms with E-state index in [0.29, 0.717) is 29.6 Å². The number of rotatable bonds is 7. The molecule has 2 aromatic heterocycles. The average molecular weight is 357 g/mol. The number of aromatic amines is 1. The van der Waals surface area contributed by atoms with Crippen molar-refractivity contribution < 1.29 is 4.74 Å². The van der Waals surface area contributed by atoms with E-state index in [1.165, 1.54) is 6.20 Å². The first-order chi connectivity index (χ1) is 12.3. The zero-order valence-corrected chi connectivity index (χ0v) is 13.7. The molecule has 0 radical (unpaired) electrons. The number of ether oxygens (including phenoxy) is 1. The van der Waals surface area contributed by atoms with Gasteiger partial charge >= 0.3 is 0 Å². The molecule has 1 aromatic carbocycles. The summed E-state index contributed by atoms with van der Waals surface area (Å²) in [6.45, 7) is 0.972. The maximum atomic E-state index is 9.18. The van der Waals surface area contributed by atoms with Crippen LogP contribution in [0.25, 0.3) is 5.57 Å². The van der Waals surface area contributed by atoms with Crippen LogP contribution in [0.15, 0.2) is 42.9 Å². The smallest absolute Gasteiger partial charge is 0.216 e. The van der Waals surface area contributed by atoms with Gasteiger partial charge in [-0.2, -0.15) is 15.6 Å². The lowest BCUT2D eigenvalue weighted by atomic mass is 10.2. The number of H-pyrrole nitrogens is 1. The predicted octanol–water partition coefficient (Wildman–Crippen LogP) is 2.11. The van der Waals surface area contributed by atoms with Gasteiger partial charge < -0.3 is 10.1 Å². The number of nitriles is 1. The Morgan fingerprint density at radius 3 is 3.04 bits per heavy atom. The number of nitrogens with zero attached hydrogens (tertiary/aromatic N) is 6. The van der Waals surface area contributed by atoms with Crippen molar-refractivity contribution in [1.82, 2.24) is 30.4 Å². The third-order valence-electron chi connectivity index (χ3n) is 3.15. The van der Waals surface area contributed by atoms with Crippen LogP contribution in [0.2, 0.25) is 5.02 Å². The van der Waals surface area contributed by atoms with E-state index in [4.69, 9.17) is 16.3 Å². The van der Waals surface area contributed by atoms with Gasteiger partial charge in [0.1, 0.15) is 24.0 Å². The van der Waals surface area contributed by atoms with Gasteiger partial charge in [-0.05, 0) is 17.3 Å². The number of benzene rings is 1. The molecule has 0 unspecified atom stereocenters. The van der Waals surface area contributed by atoms with E-state index in [2.05, 4.69) is 31.0 Å². The molecule has 25 heavy (non-hydrogen) atoms. The quantitative estimate of drug-likeness (QED) is 0.622. The Morgan fingerprint density at radius 1 is 1.44 bits per heavy atom. The first-order valence-electron chi connectivity index (χ1n) is 7.26. The Bertz CT molecular complexity index is 896. The van der Waals surface area contributed by atoms with Crippen molar-refractivity contribution in [3.05, 3.63) is 53.7 Å². The Labute approximate surface area is 147 Å². The molecule has 0 spiro atoms. The van der Waals surface area contributed by atoms with E-state index in [9.17, 15) is 5.26 Å². The molecule has 2 N–H and O–H groups in total. The highest BCUT2D eigenvalue weighted by Gasteiger charge is 2.07. The third kappa shape index (κ3) is 4.33. The summed E-state index contributed by atoms with van der Waals surface area (Å²) in [6.07, 6.45) is 4.80. The van der Waals surface area contributed by atoms with Gasteiger partial charge in [-0.1, -0.05) is 23.7 Å². The highest BCUT2D eigenvalue weighted by Crippen LogP contribution is 2.24. The number of nitrogens with one attached hydrogen (secondary N) is 2. The van der Waals surface area contributed by atoms with Gasteiger partial charge in [0.15, 0.2) is 0 Å². The second-order valence-corrected chi connectivity index (χ2v) is 5.25.